The van der Waals surface area contributed by atoms with E-state index < -0.39 is 0 Å². The van der Waals surface area contributed by atoms with E-state index in [9.17, 15) is 0 Å². The lowest BCUT2D eigenvalue weighted by Gasteiger charge is -2.39. The van der Waals surface area contributed by atoms with Gasteiger partial charge < -0.3 is 10.2 Å². The van der Waals surface area contributed by atoms with Crippen molar-refractivity contribution in [3.8, 4) is 12.3 Å². The van der Waals surface area contributed by atoms with Crippen molar-refractivity contribution >= 4 is 33.1 Å². The molecule has 31 heavy (non-hydrogen) atoms. The quantitative estimate of drug-likeness (QED) is 0.412. The first kappa shape index (κ1) is 20.2. The van der Waals surface area contributed by atoms with E-state index in [0.29, 0.717) is 5.41 Å². The largest absolute Gasteiger partial charge is 0.340 e. The minimum Gasteiger partial charge on any atom is -0.340 e. The Labute approximate surface area is 188 Å². The summed E-state index contributed by atoms with van der Waals surface area (Å²) < 4.78 is 0. The van der Waals surface area contributed by atoms with E-state index in [0.717, 1.165) is 41.2 Å². The van der Waals surface area contributed by atoms with Gasteiger partial charge in [-0.1, -0.05) is 18.1 Å². The van der Waals surface area contributed by atoms with Crippen LogP contribution in [0, 0.1) is 17.8 Å². The van der Waals surface area contributed by atoms with Crippen molar-refractivity contribution in [3.63, 3.8) is 0 Å². The number of thiophene rings is 1. The second kappa shape index (κ2) is 8.45. The molecule has 3 heterocycles. The molecular formula is C26H28N4S. The number of hydrogen-bond acceptors (Lipinski definition) is 5. The van der Waals surface area contributed by atoms with E-state index in [1.165, 1.54) is 54.7 Å². The van der Waals surface area contributed by atoms with Crippen LogP contribution >= 0.6 is 11.3 Å². The summed E-state index contributed by atoms with van der Waals surface area (Å²) in [5.41, 5.74) is 3.54. The van der Waals surface area contributed by atoms with E-state index in [1.54, 1.807) is 6.33 Å². The van der Waals surface area contributed by atoms with Gasteiger partial charge >= 0.3 is 0 Å². The lowest BCUT2D eigenvalue weighted by Crippen LogP contribution is -2.39. The molecule has 1 saturated heterocycles. The summed E-state index contributed by atoms with van der Waals surface area (Å²) in [7, 11) is 0. The molecule has 4 nitrogen and oxygen atoms in total. The molecule has 3 aromatic rings. The zero-order valence-corrected chi connectivity index (χ0v) is 18.7. The molecule has 5 rings (SSSR count). The Morgan fingerprint density at radius 3 is 2.97 bits per heavy atom. The third-order valence-electron chi connectivity index (χ3n) is 6.74. The number of fused-ring (bicyclic) bond motifs is 3. The van der Waals surface area contributed by atoms with Crippen LogP contribution in [0.15, 0.2) is 43.2 Å². The molecule has 0 bridgehead atoms. The lowest BCUT2D eigenvalue weighted by atomic mass is 9.71. The van der Waals surface area contributed by atoms with Crippen LogP contribution in [0.5, 0.6) is 0 Å². The second-order valence-corrected chi connectivity index (χ2v) is 9.99. The van der Waals surface area contributed by atoms with Crippen LogP contribution in [-0.2, 0) is 12.8 Å². The molecule has 5 heteroatoms. The van der Waals surface area contributed by atoms with Gasteiger partial charge in [0.2, 0.25) is 0 Å². The molecule has 1 N–H and O–H groups in total. The molecule has 2 aliphatic rings. The summed E-state index contributed by atoms with van der Waals surface area (Å²) in [4.78, 5) is 14.4. The van der Waals surface area contributed by atoms with E-state index in [2.05, 4.69) is 38.8 Å². The highest BCUT2D eigenvalue weighted by Gasteiger charge is 2.37. The van der Waals surface area contributed by atoms with Crippen molar-refractivity contribution in [3.05, 3.63) is 59.3 Å². The molecule has 1 atom stereocenters. The Balaban J connectivity index is 1.48. The summed E-state index contributed by atoms with van der Waals surface area (Å²) in [5, 5.41) is 4.68. The fraction of sp³-hybridized carbons (Fsp3) is 0.385. The summed E-state index contributed by atoms with van der Waals surface area (Å²) >= 11 is 1.84. The van der Waals surface area contributed by atoms with Crippen LogP contribution in [0.3, 0.4) is 0 Å². The number of aryl methyl sites for hydroxylation is 1. The maximum atomic E-state index is 5.57. The Morgan fingerprint density at radius 2 is 2.16 bits per heavy atom. The third kappa shape index (κ3) is 3.98. The van der Waals surface area contributed by atoms with Crippen LogP contribution in [0.25, 0.3) is 10.2 Å². The average Bonchev–Trinajstić information content (AvgIpc) is 3.41. The maximum Gasteiger partial charge on any atom is 0.142 e. The summed E-state index contributed by atoms with van der Waals surface area (Å²) in [6, 6.07) is 7.92. The van der Waals surface area contributed by atoms with Crippen molar-refractivity contribution in [2.45, 2.75) is 38.5 Å². The summed E-state index contributed by atoms with van der Waals surface area (Å²) in [6.07, 6.45) is 16.5. The van der Waals surface area contributed by atoms with E-state index in [1.807, 2.05) is 35.6 Å². The number of anilines is 2. The van der Waals surface area contributed by atoms with Crippen molar-refractivity contribution < 1.29 is 0 Å². The van der Waals surface area contributed by atoms with Crippen LogP contribution < -0.4 is 5.32 Å². The van der Waals surface area contributed by atoms with Gasteiger partial charge in [0.05, 0.1) is 5.39 Å². The molecule has 1 unspecified atom stereocenters. The van der Waals surface area contributed by atoms with Gasteiger partial charge in [0.1, 0.15) is 17.0 Å². The molecule has 1 aliphatic heterocycles. The predicted octanol–water partition coefficient (Wildman–Crippen LogP) is 5.56. The van der Waals surface area contributed by atoms with Crippen LogP contribution in [0.4, 0.5) is 11.5 Å². The van der Waals surface area contributed by atoms with E-state index in [4.69, 9.17) is 6.42 Å². The number of likely N-dealkylation sites (tertiary alicyclic amines) is 1. The standard InChI is InChI=1S/C26H28N4S/c1-3-11-26(17-30-13-5-6-14-30)12-10-21-22(16-26)31-25-23(21)24(27-18-28-25)29-20-9-7-8-19(4-2)15-20/h2-3,7-9,15,18H,1,5-6,10-14,16-17H2,(H,27,28,29). The third-order valence-corrected chi connectivity index (χ3v) is 7.88. The van der Waals surface area contributed by atoms with Gasteiger partial charge in [-0.3, -0.25) is 0 Å². The molecule has 1 fully saturated rings. The highest BCUT2D eigenvalue weighted by atomic mass is 32.1. The zero-order valence-electron chi connectivity index (χ0n) is 17.9. The van der Waals surface area contributed by atoms with Gasteiger partial charge in [0.25, 0.3) is 0 Å². The number of allylic oxidation sites excluding steroid dienone is 1. The SMILES string of the molecule is C#Cc1cccc(Nc2ncnc3sc4c(c23)CCC(CC=C)(CN2CCCC2)C4)c1. The van der Waals surface area contributed by atoms with Crippen molar-refractivity contribution in [1.82, 2.24) is 14.9 Å². The zero-order chi connectivity index (χ0) is 21.3. The molecule has 1 aliphatic carbocycles. The number of terminal acetylenes is 1. The lowest BCUT2D eigenvalue weighted by molar-refractivity contribution is 0.154. The maximum absolute atomic E-state index is 5.57. The van der Waals surface area contributed by atoms with Crippen LogP contribution in [0.1, 0.15) is 41.7 Å². The fourth-order valence-electron chi connectivity index (χ4n) is 5.28. The Kier molecular flexibility index (Phi) is 5.52. The summed E-state index contributed by atoms with van der Waals surface area (Å²) in [5.74, 6) is 3.58. The number of rotatable bonds is 6. The molecular weight excluding hydrogens is 400 g/mol. The van der Waals surface area contributed by atoms with E-state index in [-0.39, 0.29) is 0 Å². The van der Waals surface area contributed by atoms with Crippen LogP contribution in [-0.4, -0.2) is 34.5 Å². The topological polar surface area (TPSA) is 41.1 Å². The van der Waals surface area contributed by atoms with Crippen molar-refractivity contribution in [2.75, 3.05) is 25.0 Å². The van der Waals surface area contributed by atoms with Gasteiger partial charge in [0.15, 0.2) is 0 Å². The molecule has 0 radical (unpaired) electrons. The second-order valence-electron chi connectivity index (χ2n) is 8.91. The molecule has 0 saturated carbocycles. The molecule has 1 aromatic carbocycles. The first-order valence-electron chi connectivity index (χ1n) is 11.1. The highest BCUT2D eigenvalue weighted by molar-refractivity contribution is 7.19. The smallest absolute Gasteiger partial charge is 0.142 e. The first-order chi connectivity index (χ1) is 15.2. The van der Waals surface area contributed by atoms with Gasteiger partial charge in [-0.2, -0.15) is 0 Å². The number of hydrogen-bond donors (Lipinski definition) is 1. The van der Waals surface area contributed by atoms with Gasteiger partial charge in [0, 0.05) is 22.7 Å². The van der Waals surface area contributed by atoms with Gasteiger partial charge in [-0.05, 0) is 80.8 Å². The monoisotopic (exact) mass is 428 g/mol. The first-order valence-corrected chi connectivity index (χ1v) is 11.9. The van der Waals surface area contributed by atoms with Crippen molar-refractivity contribution in [2.24, 2.45) is 5.41 Å². The fourth-order valence-corrected chi connectivity index (χ4v) is 6.64. The molecule has 2 aromatic heterocycles. The minimum atomic E-state index is 0.294. The summed E-state index contributed by atoms with van der Waals surface area (Å²) in [6.45, 7) is 7.76. The Bertz CT molecular complexity index is 1150. The number of nitrogens with one attached hydrogen (secondary N) is 1. The number of aromatic nitrogens is 2. The minimum absolute atomic E-state index is 0.294. The Hall–Kier alpha value is -2.68. The number of nitrogens with zero attached hydrogens (tertiary/aromatic N) is 3. The van der Waals surface area contributed by atoms with Gasteiger partial charge in [-0.15, -0.1) is 24.3 Å². The number of benzene rings is 1. The molecule has 0 amide bonds. The van der Waals surface area contributed by atoms with Crippen LogP contribution in [0.2, 0.25) is 0 Å². The Morgan fingerprint density at radius 1 is 1.29 bits per heavy atom. The predicted molar refractivity (Wildman–Crippen MR) is 130 cm³/mol. The van der Waals surface area contributed by atoms with Crippen molar-refractivity contribution in [1.29, 1.82) is 0 Å². The average molecular weight is 429 g/mol. The normalized spacial score (nSPS) is 21.0. The van der Waals surface area contributed by atoms with E-state index >= 15 is 0 Å². The molecule has 158 valence electrons. The van der Waals surface area contributed by atoms with Gasteiger partial charge in [-0.25, -0.2) is 9.97 Å². The highest BCUT2D eigenvalue weighted by Crippen LogP contribution is 2.46. The molecule has 0 spiro atoms.